The molecule has 6 heteroatoms. The van der Waals surface area contributed by atoms with E-state index < -0.39 is 12.1 Å². The van der Waals surface area contributed by atoms with Gasteiger partial charge in [0.05, 0.1) is 25.4 Å². The zero-order valence-electron chi connectivity index (χ0n) is 40.6. The molecule has 0 saturated heterocycles. The lowest BCUT2D eigenvalue weighted by atomic mass is 10.0. The van der Waals surface area contributed by atoms with Crippen LogP contribution in [0.4, 0.5) is 0 Å². The molecular formula is C55H103NO5. The van der Waals surface area contributed by atoms with Gasteiger partial charge in [-0.1, -0.05) is 237 Å². The lowest BCUT2D eigenvalue weighted by Crippen LogP contribution is -2.45. The number of carbonyl (C=O) groups is 2. The summed E-state index contributed by atoms with van der Waals surface area (Å²) in [6.07, 6.45) is 61.6. The number of carbonyl (C=O) groups excluding carboxylic acids is 2. The van der Waals surface area contributed by atoms with Crippen LogP contribution in [0.15, 0.2) is 36.5 Å². The average molecular weight is 858 g/mol. The molecule has 1 amide bonds. The molecule has 0 radical (unpaired) electrons. The Morgan fingerprint density at radius 3 is 1.21 bits per heavy atom. The first-order chi connectivity index (χ1) is 30.0. The lowest BCUT2D eigenvalue weighted by Gasteiger charge is -2.20. The van der Waals surface area contributed by atoms with Crippen LogP contribution in [0.25, 0.3) is 0 Å². The Balaban J connectivity index is 3.46. The maximum Gasteiger partial charge on any atom is 0.305 e. The van der Waals surface area contributed by atoms with Crippen LogP contribution in [-0.2, 0) is 14.3 Å². The highest BCUT2D eigenvalue weighted by Crippen LogP contribution is 2.16. The van der Waals surface area contributed by atoms with Crippen molar-refractivity contribution >= 4 is 11.9 Å². The largest absolute Gasteiger partial charge is 0.466 e. The summed E-state index contributed by atoms with van der Waals surface area (Å²) in [4.78, 5) is 24.4. The van der Waals surface area contributed by atoms with Gasteiger partial charge >= 0.3 is 5.97 Å². The van der Waals surface area contributed by atoms with E-state index in [1.807, 2.05) is 6.08 Å². The van der Waals surface area contributed by atoms with Crippen molar-refractivity contribution in [1.29, 1.82) is 0 Å². The summed E-state index contributed by atoms with van der Waals surface area (Å²) >= 11 is 0. The van der Waals surface area contributed by atoms with E-state index in [9.17, 15) is 19.8 Å². The molecule has 0 bridgehead atoms. The Bertz CT molecular complexity index is 993. The van der Waals surface area contributed by atoms with Crippen molar-refractivity contribution in [3.8, 4) is 0 Å². The molecule has 0 saturated carbocycles. The van der Waals surface area contributed by atoms with E-state index in [1.54, 1.807) is 6.08 Å². The van der Waals surface area contributed by atoms with Gasteiger partial charge in [-0.3, -0.25) is 9.59 Å². The smallest absolute Gasteiger partial charge is 0.305 e. The van der Waals surface area contributed by atoms with E-state index in [0.717, 1.165) is 77.0 Å². The number of amides is 1. The molecule has 0 aliphatic rings. The van der Waals surface area contributed by atoms with Gasteiger partial charge in [-0.2, -0.15) is 0 Å². The monoisotopic (exact) mass is 858 g/mol. The predicted molar refractivity (Wildman–Crippen MR) is 264 cm³/mol. The van der Waals surface area contributed by atoms with E-state index in [0.29, 0.717) is 19.4 Å². The van der Waals surface area contributed by atoms with Crippen molar-refractivity contribution in [3.05, 3.63) is 36.5 Å². The van der Waals surface area contributed by atoms with Gasteiger partial charge in [0.2, 0.25) is 5.91 Å². The lowest BCUT2D eigenvalue weighted by molar-refractivity contribution is -0.143. The standard InChI is InChI=1S/C55H103NO5/c1-3-5-7-9-11-13-14-15-16-23-26-29-33-37-41-45-49-55(60)61-50-46-42-38-34-30-27-24-21-19-17-18-20-22-25-28-32-36-40-44-48-54(59)56-52(51-57)53(58)47-43-39-35-31-12-10-8-6-4-2/h21,24,27,30,43,47,52-53,57-58H,3-20,22-23,25-26,28-29,31-42,44-46,48-51H2,1-2H3,(H,56,59)/b24-21-,30-27-,47-43+. The van der Waals surface area contributed by atoms with E-state index in [2.05, 4.69) is 43.5 Å². The summed E-state index contributed by atoms with van der Waals surface area (Å²) in [6, 6.07) is -0.633. The number of rotatable bonds is 49. The van der Waals surface area contributed by atoms with Crippen LogP contribution in [0, 0.1) is 0 Å². The van der Waals surface area contributed by atoms with Gasteiger partial charge in [0, 0.05) is 12.8 Å². The molecule has 3 N–H and O–H groups in total. The molecular weight excluding hydrogens is 755 g/mol. The Morgan fingerprint density at radius 1 is 0.459 bits per heavy atom. The topological polar surface area (TPSA) is 95.9 Å². The summed E-state index contributed by atoms with van der Waals surface area (Å²) in [5.74, 6) is -0.0925. The number of allylic oxidation sites excluding steroid dienone is 5. The van der Waals surface area contributed by atoms with Crippen LogP contribution in [-0.4, -0.2) is 47.4 Å². The highest BCUT2D eigenvalue weighted by Gasteiger charge is 2.18. The highest BCUT2D eigenvalue weighted by atomic mass is 16.5. The summed E-state index contributed by atoms with van der Waals surface area (Å²) in [5, 5.41) is 22.9. The van der Waals surface area contributed by atoms with Crippen LogP contribution in [0.1, 0.15) is 277 Å². The number of unbranched alkanes of at least 4 members (excludes halogenated alkanes) is 35. The van der Waals surface area contributed by atoms with Crippen LogP contribution >= 0.6 is 0 Å². The number of nitrogens with one attached hydrogen (secondary N) is 1. The van der Waals surface area contributed by atoms with Gasteiger partial charge in [0.25, 0.3) is 0 Å². The molecule has 0 heterocycles. The number of aliphatic hydroxyl groups excluding tert-OH is 2. The SMILES string of the molecule is CCCCCCCCC/C=C/C(O)C(CO)NC(=O)CCCCCCCCCCCC/C=C\C=C/CCCCCOC(=O)CCCCCCCCCCCCCCCCCC. The first kappa shape index (κ1) is 59.1. The van der Waals surface area contributed by atoms with Crippen molar-refractivity contribution < 1.29 is 24.5 Å². The summed E-state index contributed by atoms with van der Waals surface area (Å²) in [7, 11) is 0. The minimum absolute atomic E-state index is 0.0114. The van der Waals surface area contributed by atoms with E-state index in [-0.39, 0.29) is 18.5 Å². The van der Waals surface area contributed by atoms with Crippen molar-refractivity contribution in [2.24, 2.45) is 0 Å². The highest BCUT2D eigenvalue weighted by molar-refractivity contribution is 5.76. The maximum absolute atomic E-state index is 12.4. The number of hydrogen-bond acceptors (Lipinski definition) is 5. The Morgan fingerprint density at radius 2 is 0.803 bits per heavy atom. The van der Waals surface area contributed by atoms with Crippen LogP contribution in [0.3, 0.4) is 0 Å². The van der Waals surface area contributed by atoms with Gasteiger partial charge in [0.1, 0.15) is 0 Å². The second-order valence-electron chi connectivity index (χ2n) is 18.2. The molecule has 0 fully saturated rings. The quantitative estimate of drug-likeness (QED) is 0.0245. The van der Waals surface area contributed by atoms with Crippen LogP contribution < -0.4 is 5.32 Å². The second kappa shape index (κ2) is 50.7. The molecule has 0 aliphatic carbocycles. The molecule has 2 unspecified atom stereocenters. The van der Waals surface area contributed by atoms with E-state index >= 15 is 0 Å². The fourth-order valence-electron chi connectivity index (χ4n) is 8.04. The van der Waals surface area contributed by atoms with Crippen molar-refractivity contribution in [2.45, 2.75) is 289 Å². The van der Waals surface area contributed by atoms with Gasteiger partial charge in [-0.15, -0.1) is 0 Å². The molecule has 0 aliphatic heterocycles. The molecule has 6 nitrogen and oxygen atoms in total. The molecule has 358 valence electrons. The van der Waals surface area contributed by atoms with Gasteiger partial charge in [-0.25, -0.2) is 0 Å². The Hall–Kier alpha value is -1.92. The third-order valence-corrected chi connectivity index (χ3v) is 12.2. The fourth-order valence-corrected chi connectivity index (χ4v) is 8.04. The predicted octanol–water partition coefficient (Wildman–Crippen LogP) is 16.1. The minimum Gasteiger partial charge on any atom is -0.466 e. The third kappa shape index (κ3) is 47.4. The molecule has 0 aromatic carbocycles. The minimum atomic E-state index is -0.849. The second-order valence-corrected chi connectivity index (χ2v) is 18.2. The number of aliphatic hydroxyl groups is 2. The first-order valence-corrected chi connectivity index (χ1v) is 26.8. The molecule has 0 rings (SSSR count). The normalized spacial score (nSPS) is 12.9. The number of hydrogen-bond donors (Lipinski definition) is 3. The number of ether oxygens (including phenoxy) is 1. The Kier molecular flexibility index (Phi) is 49.1. The van der Waals surface area contributed by atoms with Crippen LogP contribution in [0.5, 0.6) is 0 Å². The third-order valence-electron chi connectivity index (χ3n) is 12.2. The maximum atomic E-state index is 12.4. The molecule has 0 aromatic rings. The summed E-state index contributed by atoms with van der Waals surface area (Å²) in [6.45, 7) is 4.83. The molecule has 0 aromatic heterocycles. The van der Waals surface area contributed by atoms with Crippen molar-refractivity contribution in [2.75, 3.05) is 13.2 Å². The van der Waals surface area contributed by atoms with Gasteiger partial charge in [0.15, 0.2) is 0 Å². The average Bonchev–Trinajstić information content (AvgIpc) is 3.26. The van der Waals surface area contributed by atoms with Gasteiger partial charge in [-0.05, 0) is 64.2 Å². The van der Waals surface area contributed by atoms with E-state index in [1.165, 1.54) is 173 Å². The molecule has 0 spiro atoms. The van der Waals surface area contributed by atoms with E-state index in [4.69, 9.17) is 4.74 Å². The van der Waals surface area contributed by atoms with Gasteiger partial charge < -0.3 is 20.3 Å². The number of esters is 1. The summed E-state index contributed by atoms with van der Waals surface area (Å²) < 4.78 is 5.45. The Labute approximate surface area is 379 Å². The molecule has 2 atom stereocenters. The van der Waals surface area contributed by atoms with Crippen molar-refractivity contribution in [3.63, 3.8) is 0 Å². The van der Waals surface area contributed by atoms with Crippen LogP contribution in [0.2, 0.25) is 0 Å². The van der Waals surface area contributed by atoms with Crippen molar-refractivity contribution in [1.82, 2.24) is 5.32 Å². The zero-order chi connectivity index (χ0) is 44.4. The molecule has 61 heavy (non-hydrogen) atoms. The first-order valence-electron chi connectivity index (χ1n) is 26.8. The fraction of sp³-hybridized carbons (Fsp3) is 0.855. The summed E-state index contributed by atoms with van der Waals surface area (Å²) in [5.41, 5.74) is 0. The zero-order valence-corrected chi connectivity index (χ0v) is 40.6.